The highest BCUT2D eigenvalue weighted by atomic mass is 32.1. The highest BCUT2D eigenvalue weighted by Gasteiger charge is 2.27. The summed E-state index contributed by atoms with van der Waals surface area (Å²) in [5.41, 5.74) is 4.44. The van der Waals surface area contributed by atoms with E-state index in [4.69, 9.17) is 9.15 Å². The first kappa shape index (κ1) is 16.7. The molecular formula is C19H21NO3S. The monoisotopic (exact) mass is 343 g/mol. The van der Waals surface area contributed by atoms with E-state index >= 15 is 0 Å². The molecule has 24 heavy (non-hydrogen) atoms. The Labute approximate surface area is 145 Å². The standard InChI is InChI=1S/C19H21NO3S/c1-10-11(2)14-15(13-7-8-22-9-13)16(18(21)23-19(4,5)6)24-17(14)20-12(10)3/h7-9H,1-6H3. The van der Waals surface area contributed by atoms with Gasteiger partial charge in [-0.3, -0.25) is 0 Å². The number of rotatable bonds is 2. The van der Waals surface area contributed by atoms with Gasteiger partial charge in [0.05, 0.1) is 12.5 Å². The van der Waals surface area contributed by atoms with E-state index in [1.165, 1.54) is 11.3 Å². The summed E-state index contributed by atoms with van der Waals surface area (Å²) in [4.78, 5) is 18.9. The molecule has 0 N–H and O–H groups in total. The van der Waals surface area contributed by atoms with Gasteiger partial charge in [0, 0.05) is 22.2 Å². The molecule has 126 valence electrons. The number of ether oxygens (including phenoxy) is 1. The second-order valence-corrected chi connectivity index (χ2v) is 7.95. The Kier molecular flexibility index (Phi) is 4.00. The van der Waals surface area contributed by atoms with E-state index < -0.39 is 5.60 Å². The van der Waals surface area contributed by atoms with Crippen molar-refractivity contribution in [2.75, 3.05) is 0 Å². The molecule has 0 saturated heterocycles. The van der Waals surface area contributed by atoms with Crippen molar-refractivity contribution in [1.29, 1.82) is 0 Å². The van der Waals surface area contributed by atoms with Crippen LogP contribution in [0.1, 0.15) is 47.3 Å². The molecule has 0 fully saturated rings. The molecule has 0 aliphatic heterocycles. The Hall–Kier alpha value is -2.14. The lowest BCUT2D eigenvalue weighted by Crippen LogP contribution is -2.23. The maximum Gasteiger partial charge on any atom is 0.349 e. The van der Waals surface area contributed by atoms with Crippen LogP contribution in [0.4, 0.5) is 0 Å². The number of carbonyl (C=O) groups is 1. The summed E-state index contributed by atoms with van der Waals surface area (Å²) in [6.07, 6.45) is 3.27. The van der Waals surface area contributed by atoms with E-state index in [9.17, 15) is 4.79 Å². The van der Waals surface area contributed by atoms with Gasteiger partial charge in [0.1, 0.15) is 15.3 Å². The number of esters is 1. The van der Waals surface area contributed by atoms with Gasteiger partial charge < -0.3 is 9.15 Å². The van der Waals surface area contributed by atoms with Crippen LogP contribution in [0.2, 0.25) is 0 Å². The van der Waals surface area contributed by atoms with Crippen molar-refractivity contribution in [3.8, 4) is 11.1 Å². The van der Waals surface area contributed by atoms with Crippen molar-refractivity contribution in [3.05, 3.63) is 40.3 Å². The molecule has 0 aliphatic carbocycles. The molecule has 0 radical (unpaired) electrons. The van der Waals surface area contributed by atoms with Gasteiger partial charge in [-0.15, -0.1) is 11.3 Å². The number of hydrogen-bond donors (Lipinski definition) is 0. The van der Waals surface area contributed by atoms with Crippen molar-refractivity contribution in [3.63, 3.8) is 0 Å². The van der Waals surface area contributed by atoms with Gasteiger partial charge in [0.25, 0.3) is 0 Å². The van der Waals surface area contributed by atoms with E-state index in [0.717, 1.165) is 38.2 Å². The number of furan rings is 1. The first-order valence-electron chi connectivity index (χ1n) is 7.85. The van der Waals surface area contributed by atoms with Crippen LogP contribution in [0.5, 0.6) is 0 Å². The second kappa shape index (κ2) is 5.74. The SMILES string of the molecule is Cc1nc2sc(C(=O)OC(C)(C)C)c(-c3ccoc3)c2c(C)c1C. The van der Waals surface area contributed by atoms with Gasteiger partial charge in [-0.05, 0) is 58.7 Å². The number of carbonyl (C=O) groups excluding carboxylic acids is 1. The molecule has 3 aromatic heterocycles. The molecule has 4 nitrogen and oxygen atoms in total. The van der Waals surface area contributed by atoms with Gasteiger partial charge in [-0.25, -0.2) is 9.78 Å². The Balaban J connectivity index is 2.31. The zero-order valence-corrected chi connectivity index (χ0v) is 15.6. The summed E-state index contributed by atoms with van der Waals surface area (Å²) in [6, 6.07) is 1.87. The van der Waals surface area contributed by atoms with Crippen LogP contribution in [0.25, 0.3) is 21.3 Å². The van der Waals surface area contributed by atoms with E-state index in [1.54, 1.807) is 12.5 Å². The summed E-state index contributed by atoms with van der Waals surface area (Å²) in [5, 5.41) is 1.00. The molecule has 0 aliphatic rings. The van der Waals surface area contributed by atoms with Gasteiger partial charge in [-0.1, -0.05) is 0 Å². The van der Waals surface area contributed by atoms with Crippen LogP contribution >= 0.6 is 11.3 Å². The van der Waals surface area contributed by atoms with Crippen molar-refractivity contribution in [2.24, 2.45) is 0 Å². The summed E-state index contributed by atoms with van der Waals surface area (Å²) in [6.45, 7) is 11.7. The largest absolute Gasteiger partial charge is 0.472 e. The molecule has 3 aromatic rings. The molecule has 0 bridgehead atoms. The number of fused-ring (bicyclic) bond motifs is 1. The molecule has 0 saturated carbocycles. The number of aryl methyl sites for hydroxylation is 2. The fraction of sp³-hybridized carbons (Fsp3) is 0.368. The molecule has 5 heteroatoms. The van der Waals surface area contributed by atoms with E-state index in [0.29, 0.717) is 4.88 Å². The third-order valence-corrected chi connectivity index (χ3v) is 5.10. The molecule has 0 aromatic carbocycles. The predicted molar refractivity (Wildman–Crippen MR) is 96.7 cm³/mol. The summed E-state index contributed by atoms with van der Waals surface area (Å²) in [7, 11) is 0. The fourth-order valence-electron chi connectivity index (χ4n) is 2.69. The molecule has 0 amide bonds. The first-order valence-corrected chi connectivity index (χ1v) is 8.67. The molecular weight excluding hydrogens is 322 g/mol. The first-order chi connectivity index (χ1) is 11.2. The molecule has 0 unspecified atom stereocenters. The Morgan fingerprint density at radius 1 is 1.21 bits per heavy atom. The molecule has 3 rings (SSSR count). The van der Waals surface area contributed by atoms with Crippen molar-refractivity contribution in [2.45, 2.75) is 47.1 Å². The average Bonchev–Trinajstić information content (AvgIpc) is 3.09. The third kappa shape index (κ3) is 2.84. The lowest BCUT2D eigenvalue weighted by Gasteiger charge is -2.19. The third-order valence-electron chi connectivity index (χ3n) is 4.03. The number of thiophene rings is 1. The minimum absolute atomic E-state index is 0.323. The highest BCUT2D eigenvalue weighted by molar-refractivity contribution is 7.21. The lowest BCUT2D eigenvalue weighted by atomic mass is 9.99. The predicted octanol–water partition coefficient (Wildman–Crippen LogP) is 5.44. The van der Waals surface area contributed by atoms with Crippen molar-refractivity contribution >= 4 is 27.5 Å². The maximum absolute atomic E-state index is 12.8. The normalized spacial score (nSPS) is 11.9. The van der Waals surface area contributed by atoms with Gasteiger partial charge in [0.15, 0.2) is 0 Å². The molecule has 0 atom stereocenters. The van der Waals surface area contributed by atoms with Crippen LogP contribution in [0.3, 0.4) is 0 Å². The van der Waals surface area contributed by atoms with Crippen LogP contribution in [0, 0.1) is 20.8 Å². The van der Waals surface area contributed by atoms with E-state index in [1.807, 2.05) is 33.8 Å². The zero-order valence-electron chi connectivity index (χ0n) is 14.8. The number of pyridine rings is 1. The van der Waals surface area contributed by atoms with Crippen molar-refractivity contribution in [1.82, 2.24) is 4.98 Å². The van der Waals surface area contributed by atoms with Crippen molar-refractivity contribution < 1.29 is 13.9 Å². The summed E-state index contributed by atoms with van der Waals surface area (Å²) < 4.78 is 10.9. The van der Waals surface area contributed by atoms with E-state index in [2.05, 4.69) is 18.8 Å². The quantitative estimate of drug-likeness (QED) is 0.582. The maximum atomic E-state index is 12.8. The second-order valence-electron chi connectivity index (χ2n) is 6.95. The highest BCUT2D eigenvalue weighted by Crippen LogP contribution is 2.41. The Morgan fingerprint density at radius 2 is 1.92 bits per heavy atom. The van der Waals surface area contributed by atoms with Crippen LogP contribution in [-0.4, -0.2) is 16.6 Å². The molecule has 3 heterocycles. The van der Waals surface area contributed by atoms with Crippen LogP contribution in [0.15, 0.2) is 23.0 Å². The Morgan fingerprint density at radius 3 is 2.50 bits per heavy atom. The van der Waals surface area contributed by atoms with Gasteiger partial charge in [0.2, 0.25) is 0 Å². The van der Waals surface area contributed by atoms with Gasteiger partial charge >= 0.3 is 5.97 Å². The van der Waals surface area contributed by atoms with Crippen LogP contribution < -0.4 is 0 Å². The topological polar surface area (TPSA) is 52.3 Å². The number of aromatic nitrogens is 1. The fourth-order valence-corrected chi connectivity index (χ4v) is 3.87. The van der Waals surface area contributed by atoms with E-state index in [-0.39, 0.29) is 5.97 Å². The number of hydrogen-bond acceptors (Lipinski definition) is 5. The summed E-state index contributed by atoms with van der Waals surface area (Å²) in [5.74, 6) is -0.323. The smallest absolute Gasteiger partial charge is 0.349 e. The number of nitrogens with zero attached hydrogens (tertiary/aromatic N) is 1. The Bertz CT molecular complexity index is 915. The lowest BCUT2D eigenvalue weighted by molar-refractivity contribution is 0.00761. The minimum atomic E-state index is -0.546. The average molecular weight is 343 g/mol. The van der Waals surface area contributed by atoms with Crippen LogP contribution in [-0.2, 0) is 4.74 Å². The van der Waals surface area contributed by atoms with Gasteiger partial charge in [-0.2, -0.15) is 0 Å². The molecule has 0 spiro atoms. The summed E-state index contributed by atoms with van der Waals surface area (Å²) >= 11 is 1.38. The minimum Gasteiger partial charge on any atom is -0.472 e. The zero-order chi connectivity index (χ0) is 17.6.